The van der Waals surface area contributed by atoms with Crippen molar-refractivity contribution in [3.8, 4) is 28.0 Å². The molecule has 0 saturated carbocycles. The first-order valence-corrected chi connectivity index (χ1v) is 13.0. The van der Waals surface area contributed by atoms with Crippen LogP contribution in [-0.2, 0) is 16.4 Å². The minimum Gasteiger partial charge on any atom is -0.490 e. The Bertz CT molecular complexity index is 1390. The first-order chi connectivity index (χ1) is 16.6. The van der Waals surface area contributed by atoms with Crippen LogP contribution in [0, 0.1) is 0 Å². The van der Waals surface area contributed by atoms with E-state index in [1.807, 2.05) is 38.1 Å². The van der Waals surface area contributed by atoms with Gasteiger partial charge in [-0.05, 0) is 55.7 Å². The lowest BCUT2D eigenvalue weighted by Crippen LogP contribution is -2.31. The average molecular weight is 495 g/mol. The molecule has 184 valence electrons. The highest BCUT2D eigenvalue weighted by atomic mass is 32.2. The summed E-state index contributed by atoms with van der Waals surface area (Å²) in [6.07, 6.45) is 2.24. The Kier molecular flexibility index (Phi) is 6.82. The third kappa shape index (κ3) is 4.87. The quantitative estimate of drug-likeness (QED) is 0.517. The van der Waals surface area contributed by atoms with E-state index in [4.69, 9.17) is 10.5 Å². The molecule has 3 N–H and O–H groups in total. The molecule has 0 fully saturated rings. The first-order valence-electron chi connectivity index (χ1n) is 11.6. The predicted molar refractivity (Wildman–Crippen MR) is 137 cm³/mol. The van der Waals surface area contributed by atoms with Gasteiger partial charge >= 0.3 is 0 Å². The molecule has 4 rings (SSSR count). The zero-order valence-electron chi connectivity index (χ0n) is 20.3. The zero-order valence-corrected chi connectivity index (χ0v) is 21.1. The summed E-state index contributed by atoms with van der Waals surface area (Å²) in [7, 11) is -2.09. The lowest BCUT2D eigenvalue weighted by molar-refractivity contribution is 0.0946. The molecule has 2 aromatic carbocycles. The molecule has 9 heteroatoms. The van der Waals surface area contributed by atoms with Crippen LogP contribution in [-0.4, -0.2) is 49.9 Å². The minimum absolute atomic E-state index is 0.0723. The summed E-state index contributed by atoms with van der Waals surface area (Å²) >= 11 is 0. The molecule has 0 saturated heterocycles. The van der Waals surface area contributed by atoms with E-state index in [0.29, 0.717) is 35.8 Å². The van der Waals surface area contributed by atoms with Gasteiger partial charge in [0, 0.05) is 54.7 Å². The number of hydrogen-bond donors (Lipinski definition) is 2. The Labute approximate surface area is 206 Å². The van der Waals surface area contributed by atoms with E-state index >= 15 is 0 Å². The van der Waals surface area contributed by atoms with Gasteiger partial charge < -0.3 is 15.8 Å². The summed E-state index contributed by atoms with van der Waals surface area (Å²) in [4.78, 5) is 16.7. The van der Waals surface area contributed by atoms with Gasteiger partial charge in [0.05, 0.1) is 11.0 Å². The topological polar surface area (TPSA) is 115 Å². The predicted octanol–water partition coefficient (Wildman–Crippen LogP) is 3.71. The Morgan fingerprint density at radius 3 is 2.54 bits per heavy atom. The van der Waals surface area contributed by atoms with Crippen molar-refractivity contribution in [1.82, 2.24) is 14.6 Å². The van der Waals surface area contributed by atoms with Crippen LogP contribution in [0.5, 0.6) is 5.75 Å². The van der Waals surface area contributed by atoms with Crippen molar-refractivity contribution in [1.29, 1.82) is 0 Å². The summed E-state index contributed by atoms with van der Waals surface area (Å²) in [5, 5.41) is 2.85. The SMILES string of the molecule is CCN(C)S(=O)(=O)c1ccc(-c2cnc(N)c(-c3ccc4c(c3)CCNC4=O)c2)c(OC(C)C)c1. The molecule has 2 heterocycles. The summed E-state index contributed by atoms with van der Waals surface area (Å²) in [5.74, 6) is 0.742. The number of rotatable bonds is 7. The van der Waals surface area contributed by atoms with E-state index in [-0.39, 0.29) is 16.9 Å². The van der Waals surface area contributed by atoms with Gasteiger partial charge in [0.15, 0.2) is 0 Å². The number of ether oxygens (including phenoxy) is 1. The van der Waals surface area contributed by atoms with Gasteiger partial charge in [-0.2, -0.15) is 0 Å². The Morgan fingerprint density at radius 2 is 1.83 bits per heavy atom. The Hall–Kier alpha value is -3.43. The molecule has 1 aliphatic heterocycles. The van der Waals surface area contributed by atoms with Crippen molar-refractivity contribution in [2.45, 2.75) is 38.2 Å². The lowest BCUT2D eigenvalue weighted by atomic mass is 9.94. The molecular formula is C26H30N4O4S. The van der Waals surface area contributed by atoms with Gasteiger partial charge in [0.1, 0.15) is 11.6 Å². The van der Waals surface area contributed by atoms with E-state index < -0.39 is 10.0 Å². The number of benzene rings is 2. The number of hydrogen-bond acceptors (Lipinski definition) is 6. The second kappa shape index (κ2) is 9.67. The number of fused-ring (bicyclic) bond motifs is 1. The van der Waals surface area contributed by atoms with E-state index in [9.17, 15) is 13.2 Å². The molecule has 1 aliphatic rings. The average Bonchev–Trinajstić information content (AvgIpc) is 2.83. The molecule has 1 aromatic heterocycles. The Balaban J connectivity index is 1.81. The largest absolute Gasteiger partial charge is 0.490 e. The number of nitrogens with one attached hydrogen (secondary N) is 1. The maximum Gasteiger partial charge on any atom is 0.251 e. The number of nitrogens with two attached hydrogens (primary N) is 1. The van der Waals surface area contributed by atoms with Gasteiger partial charge in [-0.15, -0.1) is 0 Å². The second-order valence-corrected chi connectivity index (χ2v) is 10.8. The number of sulfonamides is 1. The monoisotopic (exact) mass is 494 g/mol. The first kappa shape index (κ1) is 24.7. The van der Waals surface area contributed by atoms with Crippen molar-refractivity contribution in [3.05, 3.63) is 59.8 Å². The molecule has 0 atom stereocenters. The maximum absolute atomic E-state index is 12.9. The van der Waals surface area contributed by atoms with Gasteiger partial charge in [-0.3, -0.25) is 4.79 Å². The third-order valence-electron chi connectivity index (χ3n) is 6.04. The fraction of sp³-hybridized carbons (Fsp3) is 0.308. The van der Waals surface area contributed by atoms with Crippen molar-refractivity contribution in [3.63, 3.8) is 0 Å². The van der Waals surface area contributed by atoms with Crippen LogP contribution in [0.2, 0.25) is 0 Å². The highest BCUT2D eigenvalue weighted by molar-refractivity contribution is 7.89. The molecule has 0 radical (unpaired) electrons. The van der Waals surface area contributed by atoms with Crippen molar-refractivity contribution >= 4 is 21.7 Å². The highest BCUT2D eigenvalue weighted by Gasteiger charge is 2.23. The van der Waals surface area contributed by atoms with Crippen LogP contribution in [0.15, 0.2) is 53.6 Å². The van der Waals surface area contributed by atoms with Crippen molar-refractivity contribution < 1.29 is 17.9 Å². The van der Waals surface area contributed by atoms with Gasteiger partial charge in [0.25, 0.3) is 5.91 Å². The van der Waals surface area contributed by atoms with E-state index in [2.05, 4.69) is 10.3 Å². The van der Waals surface area contributed by atoms with Crippen LogP contribution in [0.1, 0.15) is 36.7 Å². The Morgan fingerprint density at radius 1 is 1.09 bits per heavy atom. The molecule has 35 heavy (non-hydrogen) atoms. The highest BCUT2D eigenvalue weighted by Crippen LogP contribution is 2.37. The summed E-state index contributed by atoms with van der Waals surface area (Å²) in [6, 6.07) is 12.4. The normalized spacial score (nSPS) is 13.6. The summed E-state index contributed by atoms with van der Waals surface area (Å²) < 4.78 is 33.1. The summed E-state index contributed by atoms with van der Waals surface area (Å²) in [6.45, 7) is 6.52. The maximum atomic E-state index is 12.9. The van der Waals surface area contributed by atoms with E-state index in [1.54, 1.807) is 38.4 Å². The minimum atomic E-state index is -3.63. The number of nitrogens with zero attached hydrogens (tertiary/aromatic N) is 2. The lowest BCUT2D eigenvalue weighted by Gasteiger charge is -2.20. The third-order valence-corrected chi connectivity index (χ3v) is 7.97. The number of nitrogen functional groups attached to an aromatic ring is 1. The number of pyridine rings is 1. The number of amides is 1. The van der Waals surface area contributed by atoms with Crippen LogP contribution < -0.4 is 15.8 Å². The molecule has 0 bridgehead atoms. The molecule has 1 amide bonds. The van der Waals surface area contributed by atoms with Crippen LogP contribution in [0.3, 0.4) is 0 Å². The number of aromatic nitrogens is 1. The van der Waals surface area contributed by atoms with E-state index in [0.717, 1.165) is 28.7 Å². The summed E-state index contributed by atoms with van der Waals surface area (Å²) in [5.41, 5.74) is 10.9. The van der Waals surface area contributed by atoms with E-state index in [1.165, 1.54) is 4.31 Å². The van der Waals surface area contributed by atoms with Crippen LogP contribution in [0.4, 0.5) is 5.82 Å². The fourth-order valence-corrected chi connectivity index (χ4v) is 5.25. The smallest absolute Gasteiger partial charge is 0.251 e. The molecule has 0 spiro atoms. The molecular weight excluding hydrogens is 464 g/mol. The molecule has 0 aliphatic carbocycles. The van der Waals surface area contributed by atoms with Gasteiger partial charge in [-0.1, -0.05) is 19.1 Å². The second-order valence-electron chi connectivity index (χ2n) is 8.78. The van der Waals surface area contributed by atoms with Crippen LogP contribution >= 0.6 is 0 Å². The van der Waals surface area contributed by atoms with Crippen molar-refractivity contribution in [2.24, 2.45) is 0 Å². The number of carbonyl (C=O) groups excluding carboxylic acids is 1. The van der Waals surface area contributed by atoms with Gasteiger partial charge in [0.2, 0.25) is 10.0 Å². The molecule has 3 aromatic rings. The molecule has 0 unspecified atom stereocenters. The van der Waals surface area contributed by atoms with Crippen molar-refractivity contribution in [2.75, 3.05) is 25.9 Å². The number of carbonyl (C=O) groups is 1. The molecule has 8 nitrogen and oxygen atoms in total. The standard InChI is InChI=1S/C26H30N4O4S/c1-5-30(4)35(32,33)20-7-9-21(24(14-20)34-16(2)3)19-13-23(25(27)29-15-19)17-6-8-22-18(12-17)10-11-28-26(22)31/h6-9,12-16H,5,10-11H2,1-4H3,(H2,27,29)(H,28,31). The van der Waals surface area contributed by atoms with Gasteiger partial charge in [-0.25, -0.2) is 17.7 Å². The fourth-order valence-electron chi connectivity index (χ4n) is 4.05. The zero-order chi connectivity index (χ0) is 25.3. The van der Waals surface area contributed by atoms with Crippen LogP contribution in [0.25, 0.3) is 22.3 Å². The number of anilines is 1.